The number of alkyl halides is 3. The van der Waals surface area contributed by atoms with Gasteiger partial charge in [0.25, 0.3) is 0 Å². The minimum absolute atomic E-state index is 0.147. The van der Waals surface area contributed by atoms with Crippen LogP contribution in [0.1, 0.15) is 29.2 Å². The summed E-state index contributed by atoms with van der Waals surface area (Å²) in [4.78, 5) is 0.147. The van der Waals surface area contributed by atoms with E-state index in [0.29, 0.717) is 28.9 Å². The lowest BCUT2D eigenvalue weighted by Gasteiger charge is -2.24. The zero-order valence-electron chi connectivity index (χ0n) is 16.8. The summed E-state index contributed by atoms with van der Waals surface area (Å²) in [5.74, 6) is -0.389. The molecule has 0 aromatic heterocycles. The Morgan fingerprint density at radius 2 is 1.50 bits per heavy atom. The molecule has 1 aliphatic heterocycles. The predicted octanol–water partition coefficient (Wildman–Crippen LogP) is 5.60. The summed E-state index contributed by atoms with van der Waals surface area (Å²) >= 11 is 0. The first-order valence-corrected chi connectivity index (χ1v) is 11.5. The van der Waals surface area contributed by atoms with E-state index in [1.165, 1.54) is 36.4 Å². The van der Waals surface area contributed by atoms with Gasteiger partial charge in [-0.05, 0) is 59.7 Å². The van der Waals surface area contributed by atoms with Crippen LogP contribution < -0.4 is 5.01 Å². The molecule has 4 nitrogen and oxygen atoms in total. The van der Waals surface area contributed by atoms with Crippen molar-refractivity contribution in [2.75, 3.05) is 11.3 Å². The van der Waals surface area contributed by atoms with E-state index in [1.54, 1.807) is 29.3 Å². The summed E-state index contributed by atoms with van der Waals surface area (Å²) in [6.45, 7) is 0. The highest BCUT2D eigenvalue weighted by molar-refractivity contribution is 7.90. The molecule has 32 heavy (non-hydrogen) atoms. The third-order valence-corrected chi connectivity index (χ3v) is 6.37. The highest BCUT2D eigenvalue weighted by Gasteiger charge is 2.33. The van der Waals surface area contributed by atoms with E-state index in [1.807, 2.05) is 0 Å². The first kappa shape index (κ1) is 22.0. The quantitative estimate of drug-likeness (QED) is 0.474. The number of halogens is 4. The number of hydrogen-bond donors (Lipinski definition) is 0. The standard InChI is InChI=1S/C23H18F4N2O2S/c1-32(30,31)20-12-10-19(11-13-20)29-22(16-2-6-17(7-3-16)23(25,26)27)14-21(28-29)15-4-8-18(24)9-5-15/h2-13,22H,14H2,1H3. The average Bonchev–Trinajstić information content (AvgIpc) is 3.19. The van der Waals surface area contributed by atoms with Crippen LogP contribution in [0.25, 0.3) is 0 Å². The maximum atomic E-state index is 13.3. The first-order valence-electron chi connectivity index (χ1n) is 9.62. The van der Waals surface area contributed by atoms with Crippen LogP contribution in [0.15, 0.2) is 82.8 Å². The normalized spacial score (nSPS) is 16.8. The second-order valence-electron chi connectivity index (χ2n) is 7.50. The Kier molecular flexibility index (Phi) is 5.54. The summed E-state index contributed by atoms with van der Waals surface area (Å²) in [5, 5.41) is 6.28. The van der Waals surface area contributed by atoms with Gasteiger partial charge < -0.3 is 0 Å². The van der Waals surface area contributed by atoms with Crippen LogP contribution in [0.2, 0.25) is 0 Å². The molecule has 0 N–H and O–H groups in total. The van der Waals surface area contributed by atoms with E-state index < -0.39 is 27.6 Å². The van der Waals surface area contributed by atoms with E-state index in [0.717, 1.165) is 18.4 Å². The molecule has 0 radical (unpaired) electrons. The van der Waals surface area contributed by atoms with E-state index in [2.05, 4.69) is 5.10 Å². The smallest absolute Gasteiger partial charge is 0.257 e. The third kappa shape index (κ3) is 4.52. The molecule has 1 aliphatic rings. The second kappa shape index (κ2) is 8.05. The van der Waals surface area contributed by atoms with E-state index in [-0.39, 0.29) is 10.7 Å². The lowest BCUT2D eigenvalue weighted by Crippen LogP contribution is -2.19. The van der Waals surface area contributed by atoms with Gasteiger partial charge in [-0.25, -0.2) is 12.8 Å². The molecule has 166 valence electrons. The van der Waals surface area contributed by atoms with Crippen LogP contribution in [-0.4, -0.2) is 20.4 Å². The van der Waals surface area contributed by atoms with Crippen LogP contribution in [-0.2, 0) is 16.0 Å². The van der Waals surface area contributed by atoms with Crippen molar-refractivity contribution >= 4 is 21.2 Å². The van der Waals surface area contributed by atoms with Crippen molar-refractivity contribution in [1.82, 2.24) is 0 Å². The number of hydrogen-bond acceptors (Lipinski definition) is 4. The van der Waals surface area contributed by atoms with Crippen LogP contribution in [0.5, 0.6) is 0 Å². The number of hydrazone groups is 1. The fourth-order valence-electron chi connectivity index (χ4n) is 3.57. The Hall–Kier alpha value is -3.20. The molecule has 0 saturated carbocycles. The highest BCUT2D eigenvalue weighted by atomic mass is 32.2. The topological polar surface area (TPSA) is 49.7 Å². The molecule has 0 amide bonds. The Morgan fingerprint density at radius 3 is 2.03 bits per heavy atom. The van der Waals surface area contributed by atoms with Gasteiger partial charge in [-0.15, -0.1) is 0 Å². The van der Waals surface area contributed by atoms with E-state index in [4.69, 9.17) is 0 Å². The number of nitrogens with zero attached hydrogens (tertiary/aromatic N) is 2. The van der Waals surface area contributed by atoms with Crippen molar-refractivity contribution in [3.63, 3.8) is 0 Å². The van der Waals surface area contributed by atoms with Gasteiger partial charge in [0, 0.05) is 12.7 Å². The predicted molar refractivity (Wildman–Crippen MR) is 114 cm³/mol. The highest BCUT2D eigenvalue weighted by Crippen LogP contribution is 2.38. The molecule has 1 atom stereocenters. The van der Waals surface area contributed by atoms with Gasteiger partial charge >= 0.3 is 6.18 Å². The van der Waals surface area contributed by atoms with E-state index in [9.17, 15) is 26.0 Å². The monoisotopic (exact) mass is 462 g/mol. The fraction of sp³-hybridized carbons (Fsp3) is 0.174. The minimum Gasteiger partial charge on any atom is -0.257 e. The van der Waals surface area contributed by atoms with Crippen LogP contribution >= 0.6 is 0 Å². The largest absolute Gasteiger partial charge is 0.416 e. The molecular formula is C23H18F4N2O2S. The van der Waals surface area contributed by atoms with Gasteiger partial charge in [0.1, 0.15) is 5.82 Å². The molecule has 4 rings (SSSR count). The summed E-state index contributed by atoms with van der Waals surface area (Å²) < 4.78 is 75.8. The van der Waals surface area contributed by atoms with Gasteiger partial charge in [-0.2, -0.15) is 18.3 Å². The summed E-state index contributed by atoms with van der Waals surface area (Å²) in [6.07, 6.45) is -2.95. The Balaban J connectivity index is 1.73. The Morgan fingerprint density at radius 1 is 0.906 bits per heavy atom. The van der Waals surface area contributed by atoms with Crippen molar-refractivity contribution in [3.8, 4) is 0 Å². The number of sulfone groups is 1. The summed E-state index contributed by atoms with van der Waals surface area (Å²) in [6, 6.07) is 16.4. The van der Waals surface area contributed by atoms with Gasteiger partial charge in [0.05, 0.1) is 27.9 Å². The Labute approximate surface area is 182 Å². The average molecular weight is 462 g/mol. The molecule has 3 aromatic carbocycles. The van der Waals surface area contributed by atoms with Crippen molar-refractivity contribution < 1.29 is 26.0 Å². The number of anilines is 1. The molecule has 0 aliphatic carbocycles. The minimum atomic E-state index is -4.44. The van der Waals surface area contributed by atoms with E-state index >= 15 is 0 Å². The SMILES string of the molecule is CS(=O)(=O)c1ccc(N2N=C(c3ccc(F)cc3)CC2c2ccc(C(F)(F)F)cc2)cc1. The van der Waals surface area contributed by atoms with Gasteiger partial charge in [0.15, 0.2) is 9.84 Å². The van der Waals surface area contributed by atoms with Gasteiger partial charge in [-0.1, -0.05) is 24.3 Å². The van der Waals surface area contributed by atoms with Crippen LogP contribution in [0, 0.1) is 5.82 Å². The van der Waals surface area contributed by atoms with Crippen LogP contribution in [0.4, 0.5) is 23.2 Å². The van der Waals surface area contributed by atoms with Crippen molar-refractivity contribution in [2.24, 2.45) is 5.10 Å². The molecule has 9 heteroatoms. The summed E-state index contributed by atoms with van der Waals surface area (Å²) in [7, 11) is -3.38. The molecule has 1 heterocycles. The molecule has 0 spiro atoms. The lowest BCUT2D eigenvalue weighted by atomic mass is 9.97. The van der Waals surface area contributed by atoms with Crippen molar-refractivity contribution in [1.29, 1.82) is 0 Å². The van der Waals surface area contributed by atoms with Crippen molar-refractivity contribution in [3.05, 3.63) is 95.3 Å². The Bertz CT molecular complexity index is 1250. The summed E-state index contributed by atoms with van der Waals surface area (Å²) in [5.41, 5.74) is 1.79. The third-order valence-electron chi connectivity index (χ3n) is 5.24. The van der Waals surface area contributed by atoms with Gasteiger partial charge in [0.2, 0.25) is 0 Å². The molecule has 0 bridgehead atoms. The second-order valence-corrected chi connectivity index (χ2v) is 9.52. The molecule has 0 saturated heterocycles. The molecule has 3 aromatic rings. The molecule has 1 unspecified atom stereocenters. The van der Waals surface area contributed by atoms with Crippen LogP contribution in [0.3, 0.4) is 0 Å². The maximum Gasteiger partial charge on any atom is 0.416 e. The zero-order chi connectivity index (χ0) is 23.1. The molecular weight excluding hydrogens is 444 g/mol. The number of benzene rings is 3. The number of rotatable bonds is 4. The first-order chi connectivity index (χ1) is 15.0. The van der Waals surface area contributed by atoms with Gasteiger partial charge in [-0.3, -0.25) is 5.01 Å². The molecule has 0 fully saturated rings. The van der Waals surface area contributed by atoms with Crippen molar-refractivity contribution in [2.45, 2.75) is 23.5 Å². The maximum absolute atomic E-state index is 13.3. The lowest BCUT2D eigenvalue weighted by molar-refractivity contribution is -0.137. The zero-order valence-corrected chi connectivity index (χ0v) is 17.7. The fourth-order valence-corrected chi connectivity index (χ4v) is 4.20.